The highest BCUT2D eigenvalue weighted by Crippen LogP contribution is 2.34. The van der Waals surface area contributed by atoms with E-state index in [1.807, 2.05) is 19.9 Å². The number of amides is 3. The average Bonchev–Trinajstić information content (AvgIpc) is 2.81. The summed E-state index contributed by atoms with van der Waals surface area (Å²) in [4.78, 5) is 22.8. The van der Waals surface area contributed by atoms with Gasteiger partial charge in [-0.25, -0.2) is 4.79 Å². The zero-order valence-corrected chi connectivity index (χ0v) is 13.3. The van der Waals surface area contributed by atoms with Gasteiger partial charge in [0.2, 0.25) is 0 Å². The molecule has 0 radical (unpaired) electrons. The Morgan fingerprint density at radius 1 is 1.13 bits per heavy atom. The minimum atomic E-state index is -0.525. The number of carbonyl (C=O) groups excluding carboxylic acids is 2. The van der Waals surface area contributed by atoms with Crippen molar-refractivity contribution in [3.8, 4) is 11.5 Å². The Hall–Kier alpha value is -2.76. The van der Waals surface area contributed by atoms with E-state index in [0.29, 0.717) is 31.1 Å². The largest absolute Gasteiger partial charge is 0.490 e. The molecule has 1 fully saturated rings. The lowest BCUT2D eigenvalue weighted by Gasteiger charge is -2.16. The fourth-order valence-corrected chi connectivity index (χ4v) is 2.29. The summed E-state index contributed by atoms with van der Waals surface area (Å²) in [6.45, 7) is 8.55. The first-order valence-electron chi connectivity index (χ1n) is 7.46. The Kier molecular flexibility index (Phi) is 5.41. The summed E-state index contributed by atoms with van der Waals surface area (Å²) in [6, 6.07) is 3.15. The van der Waals surface area contributed by atoms with E-state index in [1.165, 1.54) is 0 Å². The molecule has 2 rings (SSSR count). The molecule has 0 saturated carbocycles. The molecule has 1 aliphatic heterocycles. The second-order valence-corrected chi connectivity index (χ2v) is 4.83. The number of allylic oxidation sites excluding steroid dienone is 1. The van der Waals surface area contributed by atoms with Crippen molar-refractivity contribution in [2.45, 2.75) is 20.3 Å². The van der Waals surface area contributed by atoms with Gasteiger partial charge in [-0.15, -0.1) is 6.58 Å². The zero-order valence-electron chi connectivity index (χ0n) is 13.3. The van der Waals surface area contributed by atoms with Gasteiger partial charge in [0.25, 0.3) is 5.91 Å². The van der Waals surface area contributed by atoms with Gasteiger partial charge in [0.1, 0.15) is 5.70 Å². The molecule has 6 nitrogen and oxygen atoms in total. The Bertz CT molecular complexity index is 665. The van der Waals surface area contributed by atoms with Crippen LogP contribution in [0.1, 0.15) is 25.0 Å². The van der Waals surface area contributed by atoms with Crippen LogP contribution >= 0.6 is 0 Å². The first-order valence-corrected chi connectivity index (χ1v) is 7.46. The Morgan fingerprint density at radius 2 is 1.87 bits per heavy atom. The van der Waals surface area contributed by atoms with Crippen LogP contribution in [0.15, 0.2) is 30.5 Å². The number of hydrogen-bond acceptors (Lipinski definition) is 4. The molecule has 2 N–H and O–H groups in total. The summed E-state index contributed by atoms with van der Waals surface area (Å²) in [5, 5.41) is 4.63. The highest BCUT2D eigenvalue weighted by atomic mass is 16.5. The van der Waals surface area contributed by atoms with Crippen molar-refractivity contribution in [3.05, 3.63) is 41.6 Å². The topological polar surface area (TPSA) is 76.7 Å². The van der Waals surface area contributed by atoms with E-state index in [4.69, 9.17) is 9.47 Å². The van der Waals surface area contributed by atoms with Crippen molar-refractivity contribution in [1.82, 2.24) is 10.6 Å². The van der Waals surface area contributed by atoms with E-state index >= 15 is 0 Å². The lowest BCUT2D eigenvalue weighted by molar-refractivity contribution is -0.115. The van der Waals surface area contributed by atoms with Gasteiger partial charge in [0.15, 0.2) is 11.5 Å². The SMILES string of the molecule is C=CCc1cc(/C=C2/NC(=O)NC2=O)cc(OCC)c1OCC. The molecule has 0 aromatic heterocycles. The minimum Gasteiger partial charge on any atom is -0.490 e. The maximum Gasteiger partial charge on any atom is 0.326 e. The van der Waals surface area contributed by atoms with Crippen LogP contribution in [0.25, 0.3) is 6.08 Å². The number of ether oxygens (including phenoxy) is 2. The molecule has 1 aromatic carbocycles. The second-order valence-electron chi connectivity index (χ2n) is 4.83. The molecule has 0 atom stereocenters. The molecular weight excluding hydrogens is 296 g/mol. The van der Waals surface area contributed by atoms with Crippen molar-refractivity contribution in [2.24, 2.45) is 0 Å². The van der Waals surface area contributed by atoms with Gasteiger partial charge in [0, 0.05) is 5.56 Å². The summed E-state index contributed by atoms with van der Waals surface area (Å²) in [5.41, 5.74) is 1.84. The molecule has 3 amide bonds. The zero-order chi connectivity index (χ0) is 16.8. The van der Waals surface area contributed by atoms with Crippen LogP contribution in [0.3, 0.4) is 0 Å². The summed E-state index contributed by atoms with van der Waals surface area (Å²) < 4.78 is 11.3. The smallest absolute Gasteiger partial charge is 0.326 e. The number of imide groups is 1. The van der Waals surface area contributed by atoms with Gasteiger partial charge in [-0.2, -0.15) is 0 Å². The highest BCUT2D eigenvalue weighted by molar-refractivity contribution is 6.14. The predicted molar refractivity (Wildman–Crippen MR) is 87.3 cm³/mol. The molecule has 0 spiro atoms. The molecule has 1 heterocycles. The molecule has 122 valence electrons. The average molecular weight is 316 g/mol. The fraction of sp³-hybridized carbons (Fsp3) is 0.294. The molecule has 1 aromatic rings. The first kappa shape index (κ1) is 16.6. The minimum absolute atomic E-state index is 0.200. The maximum atomic E-state index is 11.6. The molecule has 0 bridgehead atoms. The van der Waals surface area contributed by atoms with Crippen molar-refractivity contribution in [1.29, 1.82) is 0 Å². The van der Waals surface area contributed by atoms with Crippen molar-refractivity contribution >= 4 is 18.0 Å². The van der Waals surface area contributed by atoms with Gasteiger partial charge >= 0.3 is 6.03 Å². The number of benzene rings is 1. The molecule has 1 saturated heterocycles. The first-order chi connectivity index (χ1) is 11.1. The second kappa shape index (κ2) is 7.49. The predicted octanol–water partition coefficient (Wildman–Crippen LogP) is 2.39. The summed E-state index contributed by atoms with van der Waals surface area (Å²) >= 11 is 0. The van der Waals surface area contributed by atoms with E-state index in [9.17, 15) is 9.59 Å². The number of hydrogen-bond donors (Lipinski definition) is 2. The highest BCUT2D eigenvalue weighted by Gasteiger charge is 2.23. The number of carbonyl (C=O) groups is 2. The number of nitrogens with one attached hydrogen (secondary N) is 2. The van der Waals surface area contributed by atoms with Crippen LogP contribution in [-0.2, 0) is 11.2 Å². The van der Waals surface area contributed by atoms with Crippen LogP contribution in [0.2, 0.25) is 0 Å². The summed E-state index contributed by atoms with van der Waals surface area (Å²) in [6.07, 6.45) is 3.98. The van der Waals surface area contributed by atoms with Crippen LogP contribution in [0, 0.1) is 0 Å². The van der Waals surface area contributed by atoms with Crippen molar-refractivity contribution < 1.29 is 19.1 Å². The van der Waals surface area contributed by atoms with E-state index in [2.05, 4.69) is 17.2 Å². The van der Waals surface area contributed by atoms with Gasteiger partial charge in [0.05, 0.1) is 13.2 Å². The molecule has 1 aliphatic rings. The molecule has 0 unspecified atom stereocenters. The monoisotopic (exact) mass is 316 g/mol. The van der Waals surface area contributed by atoms with E-state index < -0.39 is 11.9 Å². The molecule has 23 heavy (non-hydrogen) atoms. The summed E-state index contributed by atoms with van der Waals surface area (Å²) in [5.74, 6) is 0.828. The van der Waals surface area contributed by atoms with Gasteiger partial charge < -0.3 is 14.8 Å². The fourth-order valence-electron chi connectivity index (χ4n) is 2.29. The summed E-state index contributed by atoms with van der Waals surface area (Å²) in [7, 11) is 0. The van der Waals surface area contributed by atoms with Crippen LogP contribution < -0.4 is 20.1 Å². The lowest BCUT2D eigenvalue weighted by atomic mass is 10.0. The van der Waals surface area contributed by atoms with Crippen LogP contribution in [-0.4, -0.2) is 25.2 Å². The van der Waals surface area contributed by atoms with Crippen LogP contribution in [0.4, 0.5) is 4.79 Å². The van der Waals surface area contributed by atoms with E-state index in [0.717, 1.165) is 11.1 Å². The van der Waals surface area contributed by atoms with Crippen LogP contribution in [0.5, 0.6) is 11.5 Å². The maximum absolute atomic E-state index is 11.6. The quantitative estimate of drug-likeness (QED) is 0.460. The Labute approximate surface area is 135 Å². The third kappa shape index (κ3) is 3.91. The molecule has 6 heteroatoms. The number of rotatable bonds is 7. The Morgan fingerprint density at radius 3 is 2.43 bits per heavy atom. The van der Waals surface area contributed by atoms with Gasteiger partial charge in [-0.1, -0.05) is 6.08 Å². The van der Waals surface area contributed by atoms with Crippen molar-refractivity contribution in [3.63, 3.8) is 0 Å². The molecular formula is C17H20N2O4. The Balaban J connectivity index is 2.47. The van der Waals surface area contributed by atoms with E-state index in [1.54, 1.807) is 18.2 Å². The number of urea groups is 1. The normalized spacial score (nSPS) is 15.3. The third-order valence-corrected chi connectivity index (χ3v) is 3.14. The standard InChI is InChI=1S/C17H20N2O4/c1-4-7-12-8-11(9-13-16(20)19-17(21)18-13)10-14(22-5-2)15(12)23-6-3/h4,8-10H,1,5-7H2,2-3H3,(H2,18,19,20,21)/b13-9+. The lowest BCUT2D eigenvalue weighted by Crippen LogP contribution is -2.22. The van der Waals surface area contributed by atoms with Gasteiger partial charge in [-0.05, 0) is 44.0 Å². The van der Waals surface area contributed by atoms with Gasteiger partial charge in [-0.3, -0.25) is 10.1 Å². The third-order valence-electron chi connectivity index (χ3n) is 3.14. The van der Waals surface area contributed by atoms with Crippen molar-refractivity contribution in [2.75, 3.05) is 13.2 Å². The van der Waals surface area contributed by atoms with E-state index in [-0.39, 0.29) is 5.70 Å². The molecule has 0 aliphatic carbocycles.